The highest BCUT2D eigenvalue weighted by atomic mass is 79.9. The summed E-state index contributed by atoms with van der Waals surface area (Å²) in [6, 6.07) is 5.20. The fraction of sp³-hybridized carbons (Fsp3) is 0.474. The molecule has 0 radical (unpaired) electrons. The molecule has 2 aliphatic rings. The molecule has 26 heavy (non-hydrogen) atoms. The number of methoxy groups -OCH3 is 1. The van der Waals surface area contributed by atoms with E-state index in [1.54, 1.807) is 25.3 Å². The predicted molar refractivity (Wildman–Crippen MR) is 100 cm³/mol. The number of benzene rings is 1. The largest absolute Gasteiger partial charge is 0.496 e. The Morgan fingerprint density at radius 1 is 1.27 bits per heavy atom. The normalized spacial score (nSPS) is 20.2. The molecule has 2 fully saturated rings. The SMILES string of the molecule is COc1cc(C(=O)N(C(=O)C2CCCNC2)C2CC2)cc2oc(Br)cc12. The molecule has 1 aromatic carbocycles. The van der Waals surface area contributed by atoms with E-state index in [4.69, 9.17) is 9.15 Å². The Balaban J connectivity index is 1.67. The van der Waals surface area contributed by atoms with Crippen LogP contribution in [0.25, 0.3) is 11.0 Å². The van der Waals surface area contributed by atoms with Gasteiger partial charge in [0.15, 0.2) is 4.67 Å². The molecule has 1 aliphatic heterocycles. The van der Waals surface area contributed by atoms with Gasteiger partial charge in [-0.1, -0.05) is 0 Å². The number of amides is 2. The van der Waals surface area contributed by atoms with Crippen molar-refractivity contribution >= 4 is 38.7 Å². The number of fused-ring (bicyclic) bond motifs is 1. The summed E-state index contributed by atoms with van der Waals surface area (Å²) in [5.74, 6) is 0.0969. The molecule has 1 saturated carbocycles. The first-order chi connectivity index (χ1) is 12.6. The minimum atomic E-state index is -0.268. The zero-order valence-corrected chi connectivity index (χ0v) is 16.2. The maximum atomic E-state index is 13.2. The van der Waals surface area contributed by atoms with Crippen molar-refractivity contribution in [1.29, 1.82) is 0 Å². The van der Waals surface area contributed by atoms with Gasteiger partial charge in [0.2, 0.25) is 5.91 Å². The number of carbonyl (C=O) groups is 2. The van der Waals surface area contributed by atoms with Gasteiger partial charge in [-0.25, -0.2) is 0 Å². The Bertz CT molecular complexity index is 853. The van der Waals surface area contributed by atoms with E-state index in [-0.39, 0.29) is 23.8 Å². The van der Waals surface area contributed by atoms with E-state index in [1.165, 1.54) is 4.90 Å². The van der Waals surface area contributed by atoms with Gasteiger partial charge in [-0.3, -0.25) is 14.5 Å². The molecule has 1 aromatic heterocycles. The third kappa shape index (κ3) is 3.25. The number of halogens is 1. The number of imide groups is 1. The van der Waals surface area contributed by atoms with Crippen molar-refractivity contribution in [3.63, 3.8) is 0 Å². The Hall–Kier alpha value is -1.86. The van der Waals surface area contributed by atoms with Gasteiger partial charge in [0.05, 0.1) is 18.4 Å². The van der Waals surface area contributed by atoms with Crippen LogP contribution in [0.1, 0.15) is 36.0 Å². The molecule has 6 nitrogen and oxygen atoms in total. The van der Waals surface area contributed by atoms with Gasteiger partial charge >= 0.3 is 0 Å². The molecule has 1 atom stereocenters. The van der Waals surface area contributed by atoms with Gasteiger partial charge in [0, 0.05) is 24.2 Å². The average Bonchev–Trinajstić information content (AvgIpc) is 3.41. The molecule has 7 heteroatoms. The minimum Gasteiger partial charge on any atom is -0.496 e. The first-order valence-corrected chi connectivity index (χ1v) is 9.73. The van der Waals surface area contributed by atoms with E-state index in [9.17, 15) is 9.59 Å². The number of piperidine rings is 1. The summed E-state index contributed by atoms with van der Waals surface area (Å²) in [6.07, 6.45) is 3.55. The zero-order valence-electron chi connectivity index (χ0n) is 14.6. The van der Waals surface area contributed by atoms with E-state index in [0.29, 0.717) is 28.1 Å². The lowest BCUT2D eigenvalue weighted by Gasteiger charge is -2.28. The van der Waals surface area contributed by atoms with Crippen LogP contribution in [0, 0.1) is 5.92 Å². The van der Waals surface area contributed by atoms with Gasteiger partial charge in [0.1, 0.15) is 11.3 Å². The Kier molecular flexibility index (Phi) is 4.75. The van der Waals surface area contributed by atoms with Crippen LogP contribution in [0.2, 0.25) is 0 Å². The number of ether oxygens (including phenoxy) is 1. The number of rotatable bonds is 4. The topological polar surface area (TPSA) is 71.8 Å². The van der Waals surface area contributed by atoms with E-state index in [2.05, 4.69) is 21.2 Å². The van der Waals surface area contributed by atoms with E-state index >= 15 is 0 Å². The molecular formula is C19H21BrN2O4. The first kappa shape index (κ1) is 17.5. The van der Waals surface area contributed by atoms with Crippen molar-refractivity contribution in [2.75, 3.05) is 20.2 Å². The van der Waals surface area contributed by atoms with Crippen LogP contribution in [-0.4, -0.2) is 43.0 Å². The zero-order chi connectivity index (χ0) is 18.3. The van der Waals surface area contributed by atoms with Crippen LogP contribution >= 0.6 is 15.9 Å². The number of hydrogen-bond donors (Lipinski definition) is 1. The highest BCUT2D eigenvalue weighted by Crippen LogP contribution is 2.35. The van der Waals surface area contributed by atoms with E-state index < -0.39 is 0 Å². The van der Waals surface area contributed by atoms with Gasteiger partial charge in [-0.05, 0) is 60.3 Å². The molecule has 1 unspecified atom stereocenters. The third-order valence-electron chi connectivity index (χ3n) is 5.05. The fourth-order valence-electron chi connectivity index (χ4n) is 3.55. The monoisotopic (exact) mass is 420 g/mol. The first-order valence-electron chi connectivity index (χ1n) is 8.93. The van der Waals surface area contributed by atoms with Crippen LogP contribution in [0.4, 0.5) is 0 Å². The van der Waals surface area contributed by atoms with Crippen molar-refractivity contribution < 1.29 is 18.7 Å². The fourth-order valence-corrected chi connectivity index (χ4v) is 3.95. The molecule has 1 aliphatic carbocycles. The summed E-state index contributed by atoms with van der Waals surface area (Å²) in [4.78, 5) is 27.7. The summed E-state index contributed by atoms with van der Waals surface area (Å²) in [7, 11) is 1.56. The van der Waals surface area contributed by atoms with Crippen LogP contribution in [0.3, 0.4) is 0 Å². The minimum absolute atomic E-state index is 0.0157. The van der Waals surface area contributed by atoms with Gasteiger partial charge in [0.25, 0.3) is 5.91 Å². The molecule has 1 N–H and O–H groups in total. The third-order valence-corrected chi connectivity index (χ3v) is 5.44. The molecule has 2 aromatic rings. The van der Waals surface area contributed by atoms with Crippen molar-refractivity contribution in [3.8, 4) is 5.75 Å². The molecule has 0 spiro atoms. The second-order valence-corrected chi connectivity index (χ2v) is 7.71. The van der Waals surface area contributed by atoms with E-state index in [0.717, 1.165) is 37.6 Å². The van der Waals surface area contributed by atoms with Crippen LogP contribution in [0.5, 0.6) is 5.75 Å². The highest BCUT2D eigenvalue weighted by Gasteiger charge is 2.40. The Morgan fingerprint density at radius 3 is 2.73 bits per heavy atom. The van der Waals surface area contributed by atoms with Gasteiger partial charge in [-0.2, -0.15) is 0 Å². The van der Waals surface area contributed by atoms with Gasteiger partial charge in [-0.15, -0.1) is 0 Å². The second kappa shape index (κ2) is 7.04. The number of nitrogens with one attached hydrogen (secondary N) is 1. The van der Waals surface area contributed by atoms with Gasteiger partial charge < -0.3 is 14.5 Å². The number of nitrogens with zero attached hydrogens (tertiary/aromatic N) is 1. The predicted octanol–water partition coefficient (Wildman–Crippen LogP) is 3.33. The maximum absolute atomic E-state index is 13.2. The van der Waals surface area contributed by atoms with Crippen molar-refractivity contribution in [1.82, 2.24) is 10.2 Å². The average molecular weight is 421 g/mol. The van der Waals surface area contributed by atoms with Crippen molar-refractivity contribution in [2.24, 2.45) is 5.92 Å². The van der Waals surface area contributed by atoms with Crippen LogP contribution in [-0.2, 0) is 4.79 Å². The molecular weight excluding hydrogens is 400 g/mol. The maximum Gasteiger partial charge on any atom is 0.261 e. The number of carbonyl (C=O) groups excluding carboxylic acids is 2. The molecule has 1 saturated heterocycles. The summed E-state index contributed by atoms with van der Waals surface area (Å²) in [6.45, 7) is 1.57. The molecule has 2 heterocycles. The molecule has 2 amide bonds. The summed E-state index contributed by atoms with van der Waals surface area (Å²) in [5, 5.41) is 4.04. The number of furan rings is 1. The quantitative estimate of drug-likeness (QED) is 0.767. The smallest absolute Gasteiger partial charge is 0.261 e. The molecule has 4 rings (SSSR count). The van der Waals surface area contributed by atoms with Crippen molar-refractivity contribution in [3.05, 3.63) is 28.4 Å². The highest BCUT2D eigenvalue weighted by molar-refractivity contribution is 9.10. The van der Waals surface area contributed by atoms with E-state index in [1.807, 2.05) is 0 Å². The lowest BCUT2D eigenvalue weighted by atomic mass is 9.97. The summed E-state index contributed by atoms with van der Waals surface area (Å²) >= 11 is 3.31. The Labute approximate surface area is 160 Å². The standard InChI is InChI=1S/C19H21BrN2O4/c1-25-15-7-12(8-16-14(15)9-17(20)26-16)19(24)22(13-4-5-13)18(23)11-3-2-6-21-10-11/h7-9,11,13,21H,2-6,10H2,1H3. The van der Waals surface area contributed by atoms with Crippen molar-refractivity contribution in [2.45, 2.75) is 31.7 Å². The second-order valence-electron chi connectivity index (χ2n) is 6.93. The molecule has 0 bridgehead atoms. The Morgan fingerprint density at radius 2 is 2.08 bits per heavy atom. The lowest BCUT2D eigenvalue weighted by Crippen LogP contribution is -2.46. The van der Waals surface area contributed by atoms with Crippen LogP contribution in [0.15, 0.2) is 27.3 Å². The lowest BCUT2D eigenvalue weighted by molar-refractivity contribution is -0.133. The molecule has 138 valence electrons. The summed E-state index contributed by atoms with van der Waals surface area (Å²) in [5.41, 5.74) is 0.974. The summed E-state index contributed by atoms with van der Waals surface area (Å²) < 4.78 is 11.6. The number of hydrogen-bond acceptors (Lipinski definition) is 5. The van der Waals surface area contributed by atoms with Crippen LogP contribution < -0.4 is 10.1 Å².